The normalized spacial score (nSPS) is 14.8. The van der Waals surface area contributed by atoms with Gasteiger partial charge in [-0.2, -0.15) is 0 Å². The van der Waals surface area contributed by atoms with Crippen molar-refractivity contribution in [2.75, 3.05) is 11.6 Å². The number of sulfonamides is 1. The molecule has 0 aromatic heterocycles. The average Bonchev–Trinajstić information content (AvgIpc) is 1.87. The minimum atomic E-state index is -3.05. The quantitative estimate of drug-likeness (QED) is 0.670. The molecule has 0 bridgehead atoms. The molecule has 0 heterocycles. The SMILES string of the molecule is CCS(=O)(=O)NC(C)CCCl. The fraction of sp³-hybridized carbons (Fsp3) is 1.00. The molecule has 1 atom stereocenters. The number of hydrogen-bond donors (Lipinski definition) is 1. The molecule has 0 aromatic rings. The summed E-state index contributed by atoms with van der Waals surface area (Å²) in [7, 11) is -3.05. The summed E-state index contributed by atoms with van der Waals surface area (Å²) in [4.78, 5) is 0. The lowest BCUT2D eigenvalue weighted by molar-refractivity contribution is 0.558. The van der Waals surface area contributed by atoms with E-state index < -0.39 is 10.0 Å². The first-order chi connectivity index (χ1) is 5.02. The van der Waals surface area contributed by atoms with E-state index in [0.29, 0.717) is 12.3 Å². The molecule has 5 heteroatoms. The van der Waals surface area contributed by atoms with Gasteiger partial charge in [-0.25, -0.2) is 13.1 Å². The second kappa shape index (κ2) is 4.95. The lowest BCUT2D eigenvalue weighted by Gasteiger charge is -2.10. The van der Waals surface area contributed by atoms with Gasteiger partial charge in [-0.15, -0.1) is 11.6 Å². The first-order valence-corrected chi connectivity index (χ1v) is 5.76. The van der Waals surface area contributed by atoms with Crippen LogP contribution in [0.4, 0.5) is 0 Å². The predicted molar refractivity (Wildman–Crippen MR) is 47.4 cm³/mol. The van der Waals surface area contributed by atoms with Crippen LogP contribution in [0.25, 0.3) is 0 Å². The smallest absolute Gasteiger partial charge is 0.211 e. The maximum absolute atomic E-state index is 10.9. The van der Waals surface area contributed by atoms with Crippen molar-refractivity contribution < 1.29 is 8.42 Å². The Labute approximate surface area is 73.2 Å². The van der Waals surface area contributed by atoms with E-state index in [1.807, 2.05) is 0 Å². The van der Waals surface area contributed by atoms with Crippen molar-refractivity contribution in [1.29, 1.82) is 0 Å². The second-order valence-corrected chi connectivity index (χ2v) is 4.82. The topological polar surface area (TPSA) is 46.2 Å². The molecule has 0 saturated carbocycles. The third-order valence-corrected chi connectivity index (χ3v) is 3.04. The van der Waals surface area contributed by atoms with Crippen molar-refractivity contribution in [2.45, 2.75) is 26.3 Å². The standard InChI is InChI=1S/C6H14ClNO2S/c1-3-11(9,10)8-6(2)4-5-7/h6,8H,3-5H2,1-2H3. The minimum absolute atomic E-state index is 0.0579. The van der Waals surface area contributed by atoms with Gasteiger partial charge >= 0.3 is 0 Å². The van der Waals surface area contributed by atoms with Gasteiger partial charge in [-0.3, -0.25) is 0 Å². The summed E-state index contributed by atoms with van der Waals surface area (Å²) >= 11 is 5.43. The molecule has 11 heavy (non-hydrogen) atoms. The lowest BCUT2D eigenvalue weighted by Crippen LogP contribution is -2.33. The number of halogens is 1. The summed E-state index contributed by atoms with van der Waals surface area (Å²) in [5.74, 6) is 0.604. The highest BCUT2D eigenvalue weighted by atomic mass is 35.5. The molecular weight excluding hydrogens is 186 g/mol. The summed E-state index contributed by atoms with van der Waals surface area (Å²) in [6.45, 7) is 3.41. The van der Waals surface area contributed by atoms with Gasteiger partial charge in [0.25, 0.3) is 0 Å². The molecule has 0 fully saturated rings. The predicted octanol–water partition coefficient (Wildman–Crippen LogP) is 0.943. The van der Waals surface area contributed by atoms with Gasteiger partial charge in [0, 0.05) is 11.9 Å². The third-order valence-electron chi connectivity index (χ3n) is 1.30. The minimum Gasteiger partial charge on any atom is -0.212 e. The van der Waals surface area contributed by atoms with Crippen molar-refractivity contribution >= 4 is 21.6 Å². The molecule has 0 spiro atoms. The first-order valence-electron chi connectivity index (χ1n) is 3.57. The Bertz CT molecular complexity index is 191. The molecule has 0 amide bonds. The van der Waals surface area contributed by atoms with Crippen LogP contribution in [0.1, 0.15) is 20.3 Å². The summed E-state index contributed by atoms with van der Waals surface area (Å²) in [6.07, 6.45) is 0.667. The fourth-order valence-electron chi connectivity index (χ4n) is 0.612. The Morgan fingerprint density at radius 3 is 2.45 bits per heavy atom. The summed E-state index contributed by atoms with van der Waals surface area (Å²) in [5.41, 5.74) is 0. The number of hydrogen-bond acceptors (Lipinski definition) is 2. The van der Waals surface area contributed by atoms with Crippen molar-refractivity contribution in [3.63, 3.8) is 0 Å². The second-order valence-electron chi connectivity index (χ2n) is 2.40. The Hall–Kier alpha value is 0.200. The van der Waals surface area contributed by atoms with Crippen LogP contribution in [0.2, 0.25) is 0 Å². The van der Waals surface area contributed by atoms with E-state index in [0.717, 1.165) is 0 Å². The largest absolute Gasteiger partial charge is 0.212 e. The number of nitrogens with one attached hydrogen (secondary N) is 1. The fourth-order valence-corrected chi connectivity index (χ4v) is 1.84. The van der Waals surface area contributed by atoms with E-state index in [2.05, 4.69) is 4.72 Å². The Balaban J connectivity index is 3.84. The average molecular weight is 200 g/mol. The molecule has 68 valence electrons. The maximum atomic E-state index is 10.9. The van der Waals surface area contributed by atoms with Crippen molar-refractivity contribution in [3.8, 4) is 0 Å². The number of alkyl halides is 1. The zero-order valence-corrected chi connectivity index (χ0v) is 8.37. The molecular formula is C6H14ClNO2S. The van der Waals surface area contributed by atoms with Crippen LogP contribution in [0.15, 0.2) is 0 Å². The van der Waals surface area contributed by atoms with Crippen LogP contribution >= 0.6 is 11.6 Å². The molecule has 3 nitrogen and oxygen atoms in total. The first kappa shape index (κ1) is 11.2. The summed E-state index contributed by atoms with van der Waals surface area (Å²) in [6, 6.07) is -0.0579. The highest BCUT2D eigenvalue weighted by Gasteiger charge is 2.10. The van der Waals surface area contributed by atoms with Gasteiger partial charge in [-0.05, 0) is 20.3 Å². The molecule has 0 saturated heterocycles. The molecule has 0 aromatic carbocycles. The van der Waals surface area contributed by atoms with Crippen LogP contribution < -0.4 is 4.72 Å². The van der Waals surface area contributed by atoms with E-state index in [-0.39, 0.29) is 11.8 Å². The highest BCUT2D eigenvalue weighted by Crippen LogP contribution is 1.95. The van der Waals surface area contributed by atoms with Gasteiger partial charge in [0.15, 0.2) is 0 Å². The Kier molecular flexibility index (Phi) is 5.04. The number of rotatable bonds is 5. The molecule has 0 radical (unpaired) electrons. The highest BCUT2D eigenvalue weighted by molar-refractivity contribution is 7.89. The van der Waals surface area contributed by atoms with E-state index in [9.17, 15) is 8.42 Å². The van der Waals surface area contributed by atoms with Crippen molar-refractivity contribution in [2.24, 2.45) is 0 Å². The summed E-state index contributed by atoms with van der Waals surface area (Å²) < 4.78 is 24.4. The van der Waals surface area contributed by atoms with Gasteiger partial charge in [0.1, 0.15) is 0 Å². The molecule has 0 rings (SSSR count). The molecule has 0 aliphatic heterocycles. The Morgan fingerprint density at radius 2 is 2.09 bits per heavy atom. The van der Waals surface area contributed by atoms with E-state index in [1.54, 1.807) is 13.8 Å². The molecule has 1 unspecified atom stereocenters. The van der Waals surface area contributed by atoms with Gasteiger partial charge < -0.3 is 0 Å². The van der Waals surface area contributed by atoms with Crippen molar-refractivity contribution in [3.05, 3.63) is 0 Å². The van der Waals surface area contributed by atoms with E-state index in [4.69, 9.17) is 11.6 Å². The summed E-state index contributed by atoms with van der Waals surface area (Å²) in [5, 5.41) is 0. The van der Waals surface area contributed by atoms with Crippen LogP contribution in [0, 0.1) is 0 Å². The third kappa shape index (κ3) is 5.47. The van der Waals surface area contributed by atoms with E-state index in [1.165, 1.54) is 0 Å². The zero-order valence-electron chi connectivity index (χ0n) is 6.80. The van der Waals surface area contributed by atoms with E-state index >= 15 is 0 Å². The molecule has 1 N–H and O–H groups in total. The van der Waals surface area contributed by atoms with Crippen LogP contribution in [-0.4, -0.2) is 26.1 Å². The maximum Gasteiger partial charge on any atom is 0.211 e. The van der Waals surface area contributed by atoms with Crippen LogP contribution in [-0.2, 0) is 10.0 Å². The Morgan fingerprint density at radius 1 is 1.55 bits per heavy atom. The molecule has 0 aliphatic rings. The van der Waals surface area contributed by atoms with Gasteiger partial charge in [-0.1, -0.05) is 0 Å². The monoisotopic (exact) mass is 199 g/mol. The van der Waals surface area contributed by atoms with Gasteiger partial charge in [0.05, 0.1) is 5.75 Å². The van der Waals surface area contributed by atoms with Gasteiger partial charge in [0.2, 0.25) is 10.0 Å². The lowest BCUT2D eigenvalue weighted by atomic mass is 10.3. The van der Waals surface area contributed by atoms with Crippen molar-refractivity contribution in [1.82, 2.24) is 4.72 Å². The zero-order chi connectivity index (χ0) is 8.91. The van der Waals surface area contributed by atoms with Crippen LogP contribution in [0.3, 0.4) is 0 Å². The van der Waals surface area contributed by atoms with Crippen LogP contribution in [0.5, 0.6) is 0 Å². The molecule has 0 aliphatic carbocycles.